The van der Waals surface area contributed by atoms with Crippen molar-refractivity contribution in [3.05, 3.63) is 22.9 Å². The van der Waals surface area contributed by atoms with Gasteiger partial charge in [-0.25, -0.2) is 0 Å². The van der Waals surface area contributed by atoms with Crippen LogP contribution in [0, 0.1) is 5.92 Å². The molecular weight excluding hydrogens is 324 g/mol. The van der Waals surface area contributed by atoms with Crippen molar-refractivity contribution in [1.82, 2.24) is 0 Å². The number of methoxy groups -OCH3 is 1. The fourth-order valence-corrected chi connectivity index (χ4v) is 3.25. The highest BCUT2D eigenvalue weighted by Crippen LogP contribution is 2.55. The first-order valence-corrected chi connectivity index (χ1v) is 8.79. The van der Waals surface area contributed by atoms with Crippen molar-refractivity contribution in [2.75, 3.05) is 7.11 Å². The molecule has 2 unspecified atom stereocenters. The lowest BCUT2D eigenvalue weighted by Crippen LogP contribution is -2.70. The zero-order valence-electron chi connectivity index (χ0n) is 16.1. The molecule has 2 aliphatic rings. The van der Waals surface area contributed by atoms with E-state index in [9.17, 15) is 9.59 Å². The third kappa shape index (κ3) is 3.02. The molecular formula is C19H28O6. The molecule has 140 valence electrons. The minimum absolute atomic E-state index is 0.159. The highest BCUT2D eigenvalue weighted by atomic mass is 16.6. The van der Waals surface area contributed by atoms with Crippen LogP contribution in [0.1, 0.15) is 54.4 Å². The summed E-state index contributed by atoms with van der Waals surface area (Å²) in [6.45, 7) is 11.2. The van der Waals surface area contributed by atoms with Crippen LogP contribution in [-0.4, -0.2) is 36.7 Å². The van der Waals surface area contributed by atoms with Gasteiger partial charge in [-0.1, -0.05) is 13.3 Å². The van der Waals surface area contributed by atoms with Crippen molar-refractivity contribution in [2.45, 2.75) is 72.2 Å². The van der Waals surface area contributed by atoms with E-state index in [1.807, 2.05) is 34.6 Å². The molecule has 0 N–H and O–H groups in total. The van der Waals surface area contributed by atoms with Crippen LogP contribution in [0.15, 0.2) is 22.9 Å². The molecule has 0 aromatic carbocycles. The molecule has 6 nitrogen and oxygen atoms in total. The number of ketones is 1. The Bertz CT molecular complexity index is 628. The Morgan fingerprint density at radius 1 is 1.16 bits per heavy atom. The molecule has 0 radical (unpaired) electrons. The van der Waals surface area contributed by atoms with Crippen LogP contribution < -0.4 is 0 Å². The number of allylic oxidation sites excluding steroid dienone is 1. The molecule has 0 aromatic rings. The van der Waals surface area contributed by atoms with Crippen LogP contribution in [0.3, 0.4) is 0 Å². The number of carbonyl (C=O) groups is 2. The Morgan fingerprint density at radius 2 is 1.76 bits per heavy atom. The van der Waals surface area contributed by atoms with E-state index in [0.29, 0.717) is 17.9 Å². The van der Waals surface area contributed by atoms with Crippen molar-refractivity contribution < 1.29 is 28.5 Å². The number of rotatable bonds is 8. The zero-order valence-corrected chi connectivity index (χ0v) is 16.1. The first-order valence-electron chi connectivity index (χ1n) is 8.79. The van der Waals surface area contributed by atoms with E-state index in [2.05, 4.69) is 0 Å². The third-order valence-corrected chi connectivity index (χ3v) is 4.32. The smallest absolute Gasteiger partial charge is 0.319 e. The Labute approximate surface area is 149 Å². The van der Waals surface area contributed by atoms with E-state index in [0.717, 1.165) is 12.0 Å². The van der Waals surface area contributed by atoms with Gasteiger partial charge in [-0.2, -0.15) is 0 Å². The van der Waals surface area contributed by atoms with Gasteiger partial charge in [-0.05, 0) is 46.6 Å². The van der Waals surface area contributed by atoms with E-state index in [4.69, 9.17) is 18.9 Å². The normalized spacial score (nSPS) is 26.4. The fraction of sp³-hybridized carbons (Fsp3) is 0.684. The van der Waals surface area contributed by atoms with Crippen LogP contribution in [-0.2, 0) is 28.5 Å². The molecule has 1 aliphatic carbocycles. The van der Waals surface area contributed by atoms with Crippen molar-refractivity contribution >= 4 is 11.8 Å². The van der Waals surface area contributed by atoms with E-state index in [1.165, 1.54) is 0 Å². The number of hydrogen-bond acceptors (Lipinski definition) is 6. The summed E-state index contributed by atoms with van der Waals surface area (Å²) in [5.74, 6) is -0.359. The minimum Gasteiger partial charge on any atom is -0.501 e. The highest BCUT2D eigenvalue weighted by molar-refractivity contribution is 6.17. The van der Waals surface area contributed by atoms with Gasteiger partial charge in [0.15, 0.2) is 5.76 Å². The van der Waals surface area contributed by atoms with Crippen LogP contribution in [0.2, 0.25) is 0 Å². The van der Waals surface area contributed by atoms with Gasteiger partial charge in [0, 0.05) is 0 Å². The third-order valence-electron chi connectivity index (χ3n) is 4.32. The van der Waals surface area contributed by atoms with Gasteiger partial charge in [-0.15, -0.1) is 0 Å². The van der Waals surface area contributed by atoms with Crippen LogP contribution >= 0.6 is 0 Å². The molecule has 2 atom stereocenters. The Kier molecular flexibility index (Phi) is 5.49. The van der Waals surface area contributed by atoms with Crippen molar-refractivity contribution in [1.29, 1.82) is 0 Å². The van der Waals surface area contributed by atoms with Crippen molar-refractivity contribution in [3.8, 4) is 0 Å². The van der Waals surface area contributed by atoms with E-state index >= 15 is 0 Å². The second-order valence-corrected chi connectivity index (χ2v) is 6.95. The average molecular weight is 352 g/mol. The number of carbonyl (C=O) groups excluding carboxylic acids is 2. The molecule has 0 amide bonds. The highest BCUT2D eigenvalue weighted by Gasteiger charge is 2.75. The summed E-state index contributed by atoms with van der Waals surface area (Å²) in [5, 5.41) is 0. The summed E-state index contributed by atoms with van der Waals surface area (Å²) in [6, 6.07) is 0. The quantitative estimate of drug-likeness (QED) is 0.493. The van der Waals surface area contributed by atoms with Crippen LogP contribution in [0.4, 0.5) is 0 Å². The van der Waals surface area contributed by atoms with Gasteiger partial charge in [0.25, 0.3) is 11.4 Å². The van der Waals surface area contributed by atoms with Gasteiger partial charge >= 0.3 is 5.97 Å². The predicted octanol–water partition coefficient (Wildman–Crippen LogP) is 3.26. The number of ether oxygens (including phenoxy) is 4. The lowest BCUT2D eigenvalue weighted by atomic mass is 9.65. The maximum Gasteiger partial charge on any atom is 0.319 e. The second kappa shape index (κ2) is 7.10. The van der Waals surface area contributed by atoms with Gasteiger partial charge in [0.2, 0.25) is 5.76 Å². The minimum atomic E-state index is -1.39. The molecule has 1 spiro atoms. The average Bonchev–Trinajstić information content (AvgIpc) is 2.54. The predicted molar refractivity (Wildman–Crippen MR) is 91.4 cm³/mol. The van der Waals surface area contributed by atoms with Crippen molar-refractivity contribution in [2.24, 2.45) is 5.92 Å². The van der Waals surface area contributed by atoms with Crippen molar-refractivity contribution in [3.63, 3.8) is 0 Å². The molecule has 6 heteroatoms. The second-order valence-electron chi connectivity index (χ2n) is 6.95. The Balaban J connectivity index is 2.49. The molecule has 1 aliphatic heterocycles. The molecule has 0 aromatic heterocycles. The summed E-state index contributed by atoms with van der Waals surface area (Å²) in [7, 11) is 1.55. The molecule has 1 fully saturated rings. The fourth-order valence-electron chi connectivity index (χ4n) is 3.25. The molecule has 1 saturated heterocycles. The van der Waals surface area contributed by atoms with Gasteiger partial charge in [-0.3, -0.25) is 9.59 Å². The standard InChI is InChI=1S/C19H28O6/c1-8-9-13(12(6)22-7)14-18(21)25-19(14)16(20)15(23-10(2)3)17(19)24-11(4)5/h10-11,14H,8-9H2,1-7H3/b13-12-. The number of Topliss-reactive ketones (excluding diaryl/α,β-unsaturated/α-hetero) is 1. The first-order chi connectivity index (χ1) is 11.7. The molecule has 2 rings (SSSR count). The summed E-state index contributed by atoms with van der Waals surface area (Å²) in [6.07, 6.45) is 1.11. The number of hydrogen-bond donors (Lipinski definition) is 0. The zero-order chi connectivity index (χ0) is 18.9. The number of esters is 1. The van der Waals surface area contributed by atoms with Gasteiger partial charge in [0.05, 0.1) is 25.1 Å². The maximum absolute atomic E-state index is 12.9. The Morgan fingerprint density at radius 3 is 2.20 bits per heavy atom. The lowest BCUT2D eigenvalue weighted by Gasteiger charge is -2.52. The monoisotopic (exact) mass is 352 g/mol. The first kappa shape index (κ1) is 19.3. The topological polar surface area (TPSA) is 71.1 Å². The van der Waals surface area contributed by atoms with E-state index in [-0.39, 0.29) is 23.8 Å². The largest absolute Gasteiger partial charge is 0.501 e. The SMILES string of the molecule is CCC/C(=C(\C)OC)C1C(=O)OC12C(=O)C(OC(C)C)=C2OC(C)C. The molecule has 25 heavy (non-hydrogen) atoms. The Hall–Kier alpha value is -1.98. The van der Waals surface area contributed by atoms with E-state index in [1.54, 1.807) is 14.0 Å². The molecule has 1 heterocycles. The van der Waals surface area contributed by atoms with Crippen LogP contribution in [0.25, 0.3) is 0 Å². The molecule has 0 bridgehead atoms. The van der Waals surface area contributed by atoms with E-state index < -0.39 is 17.5 Å². The summed E-state index contributed by atoms with van der Waals surface area (Å²) in [4.78, 5) is 25.2. The van der Waals surface area contributed by atoms with Crippen LogP contribution in [0.5, 0.6) is 0 Å². The maximum atomic E-state index is 12.9. The summed E-state index contributed by atoms with van der Waals surface area (Å²) in [5.41, 5.74) is -0.612. The summed E-state index contributed by atoms with van der Waals surface area (Å²) < 4.78 is 22.2. The summed E-state index contributed by atoms with van der Waals surface area (Å²) >= 11 is 0. The molecule has 0 saturated carbocycles. The lowest BCUT2D eigenvalue weighted by molar-refractivity contribution is -0.217. The van der Waals surface area contributed by atoms with Gasteiger partial charge < -0.3 is 18.9 Å². The van der Waals surface area contributed by atoms with Gasteiger partial charge in [0.1, 0.15) is 5.92 Å².